The molecule has 18 heavy (non-hydrogen) atoms. The maximum absolute atomic E-state index is 12.7. The van der Waals surface area contributed by atoms with Crippen molar-refractivity contribution in [2.45, 2.75) is 13.0 Å². The van der Waals surface area contributed by atoms with E-state index >= 15 is 0 Å². The minimum atomic E-state index is -0.273. The Morgan fingerprint density at radius 2 is 2.17 bits per heavy atom. The molecular formula is C12H16FN3OS. The average Bonchev–Trinajstić information content (AvgIpc) is 2.32. The number of halogens is 1. The van der Waals surface area contributed by atoms with Crippen LogP contribution in [-0.4, -0.2) is 31.1 Å². The molecule has 6 heteroatoms. The summed E-state index contributed by atoms with van der Waals surface area (Å²) in [6, 6.07) is 6.11. The normalized spacial score (nSPS) is 12.4. The quantitative estimate of drug-likeness (QED) is 0.485. The predicted molar refractivity (Wildman–Crippen MR) is 74.2 cm³/mol. The Morgan fingerprint density at radius 1 is 1.50 bits per heavy atom. The fraction of sp³-hybridized carbons (Fsp3) is 0.333. The average molecular weight is 269 g/mol. The SMILES string of the molecule is COC[C@@H](C)NC(=S)N/N=C\c1ccc(F)cc1. The fourth-order valence-corrected chi connectivity index (χ4v) is 1.52. The molecule has 0 fully saturated rings. The maximum Gasteiger partial charge on any atom is 0.187 e. The number of nitrogens with zero attached hydrogens (tertiary/aromatic N) is 1. The van der Waals surface area contributed by atoms with Crippen molar-refractivity contribution in [1.82, 2.24) is 10.7 Å². The van der Waals surface area contributed by atoms with E-state index in [9.17, 15) is 4.39 Å². The second-order valence-electron chi connectivity index (χ2n) is 3.75. The largest absolute Gasteiger partial charge is 0.383 e. The molecule has 0 bridgehead atoms. The summed E-state index contributed by atoms with van der Waals surface area (Å²) in [5.74, 6) is -0.273. The zero-order valence-electron chi connectivity index (χ0n) is 10.3. The molecule has 0 spiro atoms. The van der Waals surface area contributed by atoms with Gasteiger partial charge in [-0.1, -0.05) is 12.1 Å². The molecular weight excluding hydrogens is 253 g/mol. The smallest absolute Gasteiger partial charge is 0.187 e. The first kappa shape index (κ1) is 14.5. The van der Waals surface area contributed by atoms with Gasteiger partial charge in [-0.2, -0.15) is 5.10 Å². The summed E-state index contributed by atoms with van der Waals surface area (Å²) in [5, 5.41) is 7.35. The molecule has 1 atom stereocenters. The van der Waals surface area contributed by atoms with Crippen LogP contribution in [0.25, 0.3) is 0 Å². The summed E-state index contributed by atoms with van der Waals surface area (Å²) >= 11 is 5.03. The lowest BCUT2D eigenvalue weighted by atomic mass is 10.2. The molecule has 0 unspecified atom stereocenters. The Balaban J connectivity index is 2.35. The van der Waals surface area contributed by atoms with Crippen LogP contribution in [0.3, 0.4) is 0 Å². The second kappa shape index (κ2) is 7.73. The van der Waals surface area contributed by atoms with Crippen molar-refractivity contribution in [2.24, 2.45) is 5.10 Å². The summed E-state index contributed by atoms with van der Waals surface area (Å²) in [6.45, 7) is 2.50. The Labute approximate surface area is 111 Å². The van der Waals surface area contributed by atoms with E-state index < -0.39 is 0 Å². The maximum atomic E-state index is 12.7. The van der Waals surface area contributed by atoms with Crippen LogP contribution in [0.1, 0.15) is 12.5 Å². The van der Waals surface area contributed by atoms with Gasteiger partial charge in [-0.3, -0.25) is 5.43 Å². The van der Waals surface area contributed by atoms with Gasteiger partial charge in [0.1, 0.15) is 5.82 Å². The van der Waals surface area contributed by atoms with E-state index in [1.807, 2.05) is 6.92 Å². The zero-order valence-corrected chi connectivity index (χ0v) is 11.1. The monoisotopic (exact) mass is 269 g/mol. The molecule has 0 amide bonds. The van der Waals surface area contributed by atoms with Crippen molar-refractivity contribution in [3.8, 4) is 0 Å². The van der Waals surface area contributed by atoms with E-state index in [0.717, 1.165) is 5.56 Å². The van der Waals surface area contributed by atoms with E-state index in [2.05, 4.69) is 15.8 Å². The molecule has 0 aromatic heterocycles. The molecule has 0 radical (unpaired) electrons. The van der Waals surface area contributed by atoms with Crippen molar-refractivity contribution < 1.29 is 9.13 Å². The second-order valence-corrected chi connectivity index (χ2v) is 4.16. The van der Waals surface area contributed by atoms with Crippen molar-refractivity contribution in [1.29, 1.82) is 0 Å². The summed E-state index contributed by atoms with van der Waals surface area (Å²) < 4.78 is 17.6. The van der Waals surface area contributed by atoms with Gasteiger partial charge in [-0.15, -0.1) is 0 Å². The minimum Gasteiger partial charge on any atom is -0.383 e. The predicted octanol–water partition coefficient (Wildman–Crippen LogP) is 1.66. The first-order valence-corrected chi connectivity index (χ1v) is 5.86. The molecule has 1 rings (SSSR count). The van der Waals surface area contributed by atoms with Gasteiger partial charge in [-0.05, 0) is 36.8 Å². The van der Waals surface area contributed by atoms with E-state index in [-0.39, 0.29) is 11.9 Å². The molecule has 0 aliphatic heterocycles. The molecule has 98 valence electrons. The van der Waals surface area contributed by atoms with Crippen LogP contribution < -0.4 is 10.7 Å². The lowest BCUT2D eigenvalue weighted by Gasteiger charge is -2.13. The highest BCUT2D eigenvalue weighted by atomic mass is 32.1. The first-order chi connectivity index (χ1) is 8.61. The standard InChI is InChI=1S/C12H16FN3OS/c1-9(8-17-2)15-12(18)16-14-7-10-3-5-11(13)6-4-10/h3-7,9H,8H2,1-2H3,(H2,15,16,18)/b14-7-/t9-/m1/s1. The number of nitrogens with one attached hydrogen (secondary N) is 2. The van der Waals surface area contributed by atoms with Crippen LogP contribution in [0.4, 0.5) is 4.39 Å². The van der Waals surface area contributed by atoms with Crippen molar-refractivity contribution in [2.75, 3.05) is 13.7 Å². The van der Waals surface area contributed by atoms with Crippen molar-refractivity contribution >= 4 is 23.5 Å². The van der Waals surface area contributed by atoms with Crippen LogP contribution >= 0.6 is 12.2 Å². The molecule has 0 aliphatic carbocycles. The van der Waals surface area contributed by atoms with Crippen molar-refractivity contribution in [3.63, 3.8) is 0 Å². The fourth-order valence-electron chi connectivity index (χ4n) is 1.26. The summed E-state index contributed by atoms with van der Waals surface area (Å²) in [7, 11) is 1.63. The van der Waals surface area contributed by atoms with Gasteiger partial charge in [-0.25, -0.2) is 4.39 Å². The van der Waals surface area contributed by atoms with Gasteiger partial charge < -0.3 is 10.1 Å². The van der Waals surface area contributed by atoms with Gasteiger partial charge in [0, 0.05) is 13.2 Å². The van der Waals surface area contributed by atoms with Crippen LogP contribution in [0.15, 0.2) is 29.4 Å². The number of hydrazone groups is 1. The lowest BCUT2D eigenvalue weighted by Crippen LogP contribution is -2.40. The van der Waals surface area contributed by atoms with Gasteiger partial charge >= 0.3 is 0 Å². The Bertz CT molecular complexity index is 408. The number of ether oxygens (including phenoxy) is 1. The highest BCUT2D eigenvalue weighted by Crippen LogP contribution is 1.99. The molecule has 1 aromatic carbocycles. The van der Waals surface area contributed by atoms with Crippen LogP contribution in [-0.2, 0) is 4.74 Å². The minimum absolute atomic E-state index is 0.107. The number of thiocarbonyl (C=S) groups is 1. The van der Waals surface area contributed by atoms with Crippen LogP contribution in [0, 0.1) is 5.82 Å². The van der Waals surface area contributed by atoms with Crippen LogP contribution in [0.2, 0.25) is 0 Å². The summed E-state index contributed by atoms with van der Waals surface area (Å²) in [5.41, 5.74) is 3.46. The van der Waals surface area contributed by atoms with Crippen LogP contribution in [0.5, 0.6) is 0 Å². The topological polar surface area (TPSA) is 45.6 Å². The highest BCUT2D eigenvalue weighted by Gasteiger charge is 2.01. The number of methoxy groups -OCH3 is 1. The molecule has 0 saturated carbocycles. The lowest BCUT2D eigenvalue weighted by molar-refractivity contribution is 0.179. The number of hydrogen-bond acceptors (Lipinski definition) is 3. The van der Waals surface area contributed by atoms with Gasteiger partial charge in [0.15, 0.2) is 5.11 Å². The third kappa shape index (κ3) is 5.70. The van der Waals surface area contributed by atoms with E-state index in [4.69, 9.17) is 17.0 Å². The van der Waals surface area contributed by atoms with Gasteiger partial charge in [0.2, 0.25) is 0 Å². The Morgan fingerprint density at radius 3 is 2.78 bits per heavy atom. The first-order valence-electron chi connectivity index (χ1n) is 5.46. The summed E-state index contributed by atoms with van der Waals surface area (Å²) in [4.78, 5) is 0. The van der Waals surface area contributed by atoms with E-state index in [1.165, 1.54) is 12.1 Å². The number of benzene rings is 1. The highest BCUT2D eigenvalue weighted by molar-refractivity contribution is 7.80. The molecule has 0 heterocycles. The summed E-state index contributed by atoms with van der Waals surface area (Å²) in [6.07, 6.45) is 1.56. The Kier molecular flexibility index (Phi) is 6.24. The Hall–Kier alpha value is -1.53. The third-order valence-corrected chi connectivity index (χ3v) is 2.25. The van der Waals surface area contributed by atoms with Gasteiger partial charge in [0.05, 0.1) is 12.8 Å². The molecule has 2 N–H and O–H groups in total. The molecule has 1 aromatic rings. The van der Waals surface area contributed by atoms with E-state index in [0.29, 0.717) is 11.7 Å². The zero-order chi connectivity index (χ0) is 13.4. The molecule has 0 aliphatic rings. The molecule has 4 nitrogen and oxygen atoms in total. The van der Waals surface area contributed by atoms with E-state index in [1.54, 1.807) is 25.5 Å². The molecule has 0 saturated heterocycles. The van der Waals surface area contributed by atoms with Crippen molar-refractivity contribution in [3.05, 3.63) is 35.6 Å². The van der Waals surface area contributed by atoms with Gasteiger partial charge in [0.25, 0.3) is 0 Å². The number of hydrogen-bond donors (Lipinski definition) is 2. The third-order valence-electron chi connectivity index (χ3n) is 2.04. The number of rotatable bonds is 5.